The zero-order chi connectivity index (χ0) is 15.4. The molecule has 0 saturated heterocycles. The van der Waals surface area contributed by atoms with Crippen molar-refractivity contribution in [3.63, 3.8) is 0 Å². The maximum absolute atomic E-state index is 12.6. The largest absolute Gasteiger partial charge is 0.451 e. The van der Waals surface area contributed by atoms with Crippen LogP contribution in [0.3, 0.4) is 0 Å². The molecule has 0 saturated carbocycles. The Morgan fingerprint density at radius 3 is 2.71 bits per heavy atom. The molecule has 5 heteroatoms. The fraction of sp³-hybridized carbons (Fsp3) is 0.375. The lowest BCUT2D eigenvalue weighted by Crippen LogP contribution is -2.36. The van der Waals surface area contributed by atoms with E-state index < -0.39 is 0 Å². The van der Waals surface area contributed by atoms with Gasteiger partial charge in [-0.2, -0.15) is 0 Å². The van der Waals surface area contributed by atoms with Crippen LogP contribution >= 0.6 is 12.2 Å². The number of hydrogen-bond donors (Lipinski definition) is 1. The first-order valence-electron chi connectivity index (χ1n) is 7.03. The number of hydrogen-bond acceptors (Lipinski definition) is 3. The number of nitrogens with two attached hydrogens (primary N) is 1. The first-order valence-corrected chi connectivity index (χ1v) is 7.44. The number of carbonyl (C=O) groups is 1. The molecule has 0 bridgehead atoms. The van der Waals surface area contributed by atoms with Crippen molar-refractivity contribution in [2.45, 2.75) is 20.3 Å². The summed E-state index contributed by atoms with van der Waals surface area (Å²) < 4.78 is 5.64. The Balaban J connectivity index is 2.21. The van der Waals surface area contributed by atoms with Crippen LogP contribution in [0, 0.1) is 5.92 Å². The summed E-state index contributed by atoms with van der Waals surface area (Å²) in [5, 5.41) is 0.930. The average Bonchev–Trinajstić information content (AvgIpc) is 2.86. The minimum atomic E-state index is -0.115. The summed E-state index contributed by atoms with van der Waals surface area (Å²) >= 11 is 4.90. The van der Waals surface area contributed by atoms with E-state index in [1.165, 1.54) is 0 Å². The van der Waals surface area contributed by atoms with Gasteiger partial charge in [0, 0.05) is 24.9 Å². The van der Waals surface area contributed by atoms with E-state index in [0.29, 0.717) is 36.2 Å². The fourth-order valence-electron chi connectivity index (χ4n) is 2.20. The average molecular weight is 304 g/mol. The predicted molar refractivity (Wildman–Crippen MR) is 88.4 cm³/mol. The molecule has 1 heterocycles. The fourth-order valence-corrected chi connectivity index (χ4v) is 2.30. The van der Waals surface area contributed by atoms with Crippen molar-refractivity contribution < 1.29 is 9.21 Å². The number of furan rings is 1. The van der Waals surface area contributed by atoms with Crippen LogP contribution in [0.5, 0.6) is 0 Å². The molecular formula is C16H20N2O2S. The molecule has 0 aliphatic heterocycles. The Morgan fingerprint density at radius 1 is 1.38 bits per heavy atom. The molecule has 0 spiro atoms. The van der Waals surface area contributed by atoms with Crippen molar-refractivity contribution in [3.8, 4) is 0 Å². The van der Waals surface area contributed by atoms with E-state index in [0.717, 1.165) is 11.0 Å². The van der Waals surface area contributed by atoms with Gasteiger partial charge in [-0.3, -0.25) is 4.79 Å². The van der Waals surface area contributed by atoms with Gasteiger partial charge in [0.2, 0.25) is 0 Å². The molecule has 1 amide bonds. The quantitative estimate of drug-likeness (QED) is 0.833. The minimum Gasteiger partial charge on any atom is -0.451 e. The maximum atomic E-state index is 12.6. The Kier molecular flexibility index (Phi) is 4.96. The van der Waals surface area contributed by atoms with E-state index in [1.807, 2.05) is 24.3 Å². The third-order valence-corrected chi connectivity index (χ3v) is 3.34. The van der Waals surface area contributed by atoms with Crippen LogP contribution in [0.15, 0.2) is 34.7 Å². The van der Waals surface area contributed by atoms with Crippen LogP contribution in [0.25, 0.3) is 11.0 Å². The van der Waals surface area contributed by atoms with Crippen molar-refractivity contribution in [3.05, 3.63) is 36.1 Å². The first-order chi connectivity index (χ1) is 9.97. The lowest BCUT2D eigenvalue weighted by molar-refractivity contribution is 0.0711. The summed E-state index contributed by atoms with van der Waals surface area (Å²) in [5.41, 5.74) is 6.26. The molecule has 4 nitrogen and oxygen atoms in total. The summed E-state index contributed by atoms with van der Waals surface area (Å²) in [6.45, 7) is 5.31. The Morgan fingerprint density at radius 2 is 2.10 bits per heavy atom. The van der Waals surface area contributed by atoms with Crippen LogP contribution in [0.2, 0.25) is 0 Å². The van der Waals surface area contributed by atoms with E-state index in [9.17, 15) is 4.79 Å². The van der Waals surface area contributed by atoms with Crippen molar-refractivity contribution >= 4 is 34.1 Å². The number of amides is 1. The zero-order valence-electron chi connectivity index (χ0n) is 12.3. The molecule has 21 heavy (non-hydrogen) atoms. The van der Waals surface area contributed by atoms with Crippen LogP contribution in [0.1, 0.15) is 30.8 Å². The van der Waals surface area contributed by atoms with Gasteiger partial charge >= 0.3 is 0 Å². The number of carbonyl (C=O) groups excluding carboxylic acids is 1. The van der Waals surface area contributed by atoms with Gasteiger partial charge < -0.3 is 15.1 Å². The van der Waals surface area contributed by atoms with Gasteiger partial charge in [0.15, 0.2) is 5.76 Å². The van der Waals surface area contributed by atoms with Gasteiger partial charge in [-0.1, -0.05) is 44.3 Å². The maximum Gasteiger partial charge on any atom is 0.289 e. The highest BCUT2D eigenvalue weighted by atomic mass is 32.1. The second-order valence-corrected chi connectivity index (χ2v) is 6.03. The normalized spacial score (nSPS) is 11.0. The number of rotatable bonds is 6. The van der Waals surface area contributed by atoms with Crippen molar-refractivity contribution in [2.24, 2.45) is 11.7 Å². The SMILES string of the molecule is CC(C)CN(CCC(N)=S)C(=O)c1cc2ccccc2o1. The second kappa shape index (κ2) is 6.72. The third-order valence-electron chi connectivity index (χ3n) is 3.14. The smallest absolute Gasteiger partial charge is 0.289 e. The number of para-hydroxylation sites is 1. The molecule has 2 rings (SSSR count). The standard InChI is InChI=1S/C16H20N2O2S/c1-11(2)10-18(8-7-15(17)21)16(19)14-9-12-5-3-4-6-13(12)20-14/h3-6,9,11H,7-8,10H2,1-2H3,(H2,17,21). The molecule has 0 radical (unpaired) electrons. The van der Waals surface area contributed by atoms with Crippen LogP contribution in [-0.4, -0.2) is 28.9 Å². The molecule has 0 fully saturated rings. The summed E-state index contributed by atoms with van der Waals surface area (Å²) in [6.07, 6.45) is 0.522. The Labute approximate surface area is 129 Å². The van der Waals surface area contributed by atoms with Crippen LogP contribution in [0.4, 0.5) is 0 Å². The lowest BCUT2D eigenvalue weighted by atomic mass is 10.2. The highest BCUT2D eigenvalue weighted by molar-refractivity contribution is 7.80. The van der Waals surface area contributed by atoms with Gasteiger partial charge in [0.1, 0.15) is 5.58 Å². The van der Waals surface area contributed by atoms with Gasteiger partial charge in [-0.15, -0.1) is 0 Å². The first kappa shape index (κ1) is 15.5. The van der Waals surface area contributed by atoms with E-state index in [-0.39, 0.29) is 5.91 Å². The van der Waals surface area contributed by atoms with E-state index in [2.05, 4.69) is 13.8 Å². The van der Waals surface area contributed by atoms with Gasteiger partial charge in [-0.25, -0.2) is 0 Å². The monoisotopic (exact) mass is 304 g/mol. The number of nitrogens with zero attached hydrogens (tertiary/aromatic N) is 1. The zero-order valence-corrected chi connectivity index (χ0v) is 13.2. The molecule has 0 atom stereocenters. The summed E-state index contributed by atoms with van der Waals surface area (Å²) in [5.74, 6) is 0.612. The van der Waals surface area contributed by atoms with Crippen molar-refractivity contribution in [1.29, 1.82) is 0 Å². The van der Waals surface area contributed by atoms with Crippen LogP contribution in [-0.2, 0) is 0 Å². The van der Waals surface area contributed by atoms with E-state index >= 15 is 0 Å². The molecular weight excluding hydrogens is 284 g/mol. The number of thiocarbonyl (C=S) groups is 1. The van der Waals surface area contributed by atoms with E-state index in [4.69, 9.17) is 22.4 Å². The van der Waals surface area contributed by atoms with Gasteiger partial charge in [0.25, 0.3) is 5.91 Å². The molecule has 0 aliphatic rings. The minimum absolute atomic E-state index is 0.115. The topological polar surface area (TPSA) is 59.5 Å². The van der Waals surface area contributed by atoms with Gasteiger partial charge in [0.05, 0.1) is 4.99 Å². The van der Waals surface area contributed by atoms with Gasteiger partial charge in [-0.05, 0) is 18.1 Å². The second-order valence-electron chi connectivity index (χ2n) is 5.51. The lowest BCUT2D eigenvalue weighted by Gasteiger charge is -2.23. The molecule has 2 N–H and O–H groups in total. The molecule has 0 unspecified atom stereocenters. The highest BCUT2D eigenvalue weighted by Gasteiger charge is 2.20. The van der Waals surface area contributed by atoms with E-state index in [1.54, 1.807) is 11.0 Å². The molecule has 1 aromatic heterocycles. The Bertz CT molecular complexity index is 616. The Hall–Kier alpha value is -1.88. The number of benzene rings is 1. The van der Waals surface area contributed by atoms with Crippen molar-refractivity contribution in [2.75, 3.05) is 13.1 Å². The molecule has 112 valence electrons. The molecule has 0 aliphatic carbocycles. The molecule has 1 aromatic carbocycles. The third kappa shape index (κ3) is 4.04. The summed E-state index contributed by atoms with van der Waals surface area (Å²) in [7, 11) is 0. The highest BCUT2D eigenvalue weighted by Crippen LogP contribution is 2.20. The molecule has 2 aromatic rings. The summed E-state index contributed by atoms with van der Waals surface area (Å²) in [4.78, 5) is 14.8. The van der Waals surface area contributed by atoms with Crippen molar-refractivity contribution in [1.82, 2.24) is 4.90 Å². The summed E-state index contributed by atoms with van der Waals surface area (Å²) in [6, 6.07) is 9.38. The predicted octanol–water partition coefficient (Wildman–Crippen LogP) is 3.21. The van der Waals surface area contributed by atoms with Crippen LogP contribution < -0.4 is 5.73 Å². The number of fused-ring (bicyclic) bond motifs is 1.